The third-order valence-electron chi connectivity index (χ3n) is 7.69. The summed E-state index contributed by atoms with van der Waals surface area (Å²) in [6.45, 7) is 18.0. The molecule has 0 fully saturated rings. The summed E-state index contributed by atoms with van der Waals surface area (Å²) in [5.41, 5.74) is 8.93. The number of ether oxygens (including phenoxy) is 2. The molecule has 0 unspecified atom stereocenters. The number of hydrogen-bond donors (Lipinski definition) is 0. The molecule has 0 heterocycles. The molecule has 1 atom stereocenters. The van der Waals surface area contributed by atoms with Crippen LogP contribution in [-0.2, 0) is 16.1 Å². The highest BCUT2D eigenvalue weighted by atomic mass is 127. The molecule has 51 heavy (non-hydrogen) atoms. The summed E-state index contributed by atoms with van der Waals surface area (Å²) in [6.07, 6.45) is 13.5. The highest BCUT2D eigenvalue weighted by Gasteiger charge is 2.33. The van der Waals surface area contributed by atoms with E-state index in [1.54, 1.807) is 44.2 Å². The molecular formula is C44H56FINO4. The number of rotatable bonds is 11. The van der Waals surface area contributed by atoms with Gasteiger partial charge in [-0.1, -0.05) is 96.9 Å². The van der Waals surface area contributed by atoms with Crippen molar-refractivity contribution in [3.8, 4) is 11.5 Å². The van der Waals surface area contributed by atoms with E-state index in [0.29, 0.717) is 23.6 Å². The van der Waals surface area contributed by atoms with Crippen molar-refractivity contribution in [2.24, 2.45) is 0 Å². The first-order chi connectivity index (χ1) is 24.2. The second-order valence-corrected chi connectivity index (χ2v) is 11.4. The van der Waals surface area contributed by atoms with Crippen molar-refractivity contribution in [2.45, 2.75) is 87.6 Å². The Balaban J connectivity index is 0.000000802. The fourth-order valence-corrected chi connectivity index (χ4v) is 5.23. The van der Waals surface area contributed by atoms with E-state index in [4.69, 9.17) is 9.47 Å². The summed E-state index contributed by atoms with van der Waals surface area (Å²) < 4.78 is 25.8. The predicted molar refractivity (Wildman–Crippen MR) is 222 cm³/mol. The van der Waals surface area contributed by atoms with Crippen LogP contribution < -0.4 is 14.4 Å². The Hall–Kier alpha value is -3.72. The van der Waals surface area contributed by atoms with Crippen LogP contribution in [0, 0.1) is 32.0 Å². The highest BCUT2D eigenvalue weighted by molar-refractivity contribution is 14.0. The fraction of sp³-hybridized carbons (Fsp3) is 0.341. The molecule has 0 N–H and O–H groups in total. The van der Waals surface area contributed by atoms with Gasteiger partial charge in [-0.25, -0.2) is 4.39 Å². The highest BCUT2D eigenvalue weighted by Crippen LogP contribution is 2.48. The first-order valence-corrected chi connectivity index (χ1v) is 17.7. The number of methoxy groups -OCH3 is 2. The number of nitrogens with zero attached hydrogens (tertiary/aromatic N) is 1. The molecule has 3 aliphatic carbocycles. The number of allylic oxidation sites excluding steroid dienone is 6. The topological polar surface area (TPSA) is 55.8 Å². The summed E-state index contributed by atoms with van der Waals surface area (Å²) in [5, 5.41) is 0. The molecule has 3 aromatic carbocycles. The number of aryl methyl sites for hydroxylation is 1. The largest absolute Gasteiger partial charge is 0.497 e. The van der Waals surface area contributed by atoms with Crippen molar-refractivity contribution in [1.29, 1.82) is 0 Å². The van der Waals surface area contributed by atoms with Crippen LogP contribution in [0.1, 0.15) is 102 Å². The molecule has 3 aromatic rings. The molecule has 5 nitrogen and oxygen atoms in total. The summed E-state index contributed by atoms with van der Waals surface area (Å²) in [6, 6.07) is 16.5. The number of hydrogen-bond acceptors (Lipinski definition) is 4. The second-order valence-electron chi connectivity index (χ2n) is 11.4. The third-order valence-corrected chi connectivity index (χ3v) is 7.69. The zero-order chi connectivity index (χ0) is 37.4. The van der Waals surface area contributed by atoms with Crippen molar-refractivity contribution in [1.82, 2.24) is 0 Å². The Bertz CT molecular complexity index is 1690. The zero-order valence-corrected chi connectivity index (χ0v) is 34.6. The van der Waals surface area contributed by atoms with E-state index in [-0.39, 0.29) is 53.9 Å². The van der Waals surface area contributed by atoms with E-state index >= 15 is 0 Å². The summed E-state index contributed by atoms with van der Waals surface area (Å²) in [5.74, 6) is 0.897. The average Bonchev–Trinajstić information content (AvgIpc) is 3.95. The smallest absolute Gasteiger partial charge is 0.227 e. The standard InChI is InChI=1S/C32H30FNO3.C5H5O.C3H8.2C2H6.HI/c1-5-30(35)34(19-23-13-15-25(36-3)18-29(23)37-4)28-16-14-24(33)17-27(28)32(22-11-12-22)26-8-6-7-20(2)31(26)21-9-10-21;1-4(6)5-2-3-5;1-3-2;2*1-2;/h6-18,32H,5,19H2,1-4H3;2-3H,1H3;3H2,1-2H3;2*1-2H3;1H/t32-;;;;;/m1...../s1. The number of carbonyl (C=O) groups is 2. The number of Topliss-reactive ketones (excluding diaryl/α,β-unsaturated/α-hetero) is 1. The van der Waals surface area contributed by atoms with E-state index < -0.39 is 0 Å². The van der Waals surface area contributed by atoms with Gasteiger partial charge >= 0.3 is 0 Å². The van der Waals surface area contributed by atoms with Crippen LogP contribution in [0.4, 0.5) is 10.1 Å². The van der Waals surface area contributed by atoms with Gasteiger partial charge in [0.15, 0.2) is 5.78 Å². The molecule has 3 radical (unpaired) electrons. The van der Waals surface area contributed by atoms with Crippen LogP contribution in [0.25, 0.3) is 5.57 Å². The second kappa shape index (κ2) is 23.0. The number of anilines is 1. The molecule has 0 aliphatic heterocycles. The quantitative estimate of drug-likeness (QED) is 0.181. The fourth-order valence-electron chi connectivity index (χ4n) is 5.23. The number of carbonyl (C=O) groups excluding carboxylic acids is 2. The van der Waals surface area contributed by atoms with Crippen molar-refractivity contribution < 1.29 is 23.5 Å². The Morgan fingerprint density at radius 2 is 1.45 bits per heavy atom. The van der Waals surface area contributed by atoms with Crippen LogP contribution in [-0.4, -0.2) is 25.9 Å². The van der Waals surface area contributed by atoms with Gasteiger partial charge in [-0.3, -0.25) is 9.59 Å². The van der Waals surface area contributed by atoms with Crippen molar-refractivity contribution >= 4 is 46.9 Å². The molecule has 0 saturated heterocycles. The van der Waals surface area contributed by atoms with E-state index in [9.17, 15) is 14.0 Å². The van der Waals surface area contributed by atoms with Gasteiger partial charge in [0.05, 0.1) is 20.8 Å². The summed E-state index contributed by atoms with van der Waals surface area (Å²) >= 11 is 0. The molecule has 3 aliphatic rings. The lowest BCUT2D eigenvalue weighted by molar-refractivity contribution is -0.118. The van der Waals surface area contributed by atoms with Crippen molar-refractivity contribution in [2.75, 3.05) is 19.1 Å². The van der Waals surface area contributed by atoms with E-state index in [0.717, 1.165) is 27.8 Å². The van der Waals surface area contributed by atoms with E-state index in [1.165, 1.54) is 29.2 Å². The summed E-state index contributed by atoms with van der Waals surface area (Å²) in [4.78, 5) is 25.2. The van der Waals surface area contributed by atoms with Gasteiger partial charge in [-0.05, 0) is 77.6 Å². The van der Waals surface area contributed by atoms with Crippen LogP contribution >= 0.6 is 24.0 Å². The van der Waals surface area contributed by atoms with Gasteiger partial charge in [-0.15, -0.1) is 24.0 Å². The Morgan fingerprint density at radius 1 is 0.824 bits per heavy atom. The molecule has 7 heteroatoms. The maximum absolute atomic E-state index is 14.8. The average molecular weight is 809 g/mol. The van der Waals surface area contributed by atoms with Crippen molar-refractivity contribution in [3.63, 3.8) is 0 Å². The number of ketones is 1. The number of amides is 1. The molecular weight excluding hydrogens is 752 g/mol. The normalized spacial score (nSPS) is 13.0. The molecule has 0 spiro atoms. The van der Waals surface area contributed by atoms with Crippen LogP contribution in [0.15, 0.2) is 84.0 Å². The van der Waals surface area contributed by atoms with Gasteiger partial charge in [0.2, 0.25) is 5.91 Å². The van der Waals surface area contributed by atoms with Gasteiger partial charge in [0, 0.05) is 48.9 Å². The SMILES string of the molecule is CC.CC.CC(=O)C1=C[CH]1.CCC.CCC(=O)N(Cc1ccc(OC)cc1OC)c1ccc(F)cc1[C@H](C1=C[CH]1)c1cccc(C)c1C1=C[CH]1.I. The lowest BCUT2D eigenvalue weighted by atomic mass is 9.82. The third kappa shape index (κ3) is 13.1. The predicted octanol–water partition coefficient (Wildman–Crippen LogP) is 11.8. The monoisotopic (exact) mass is 808 g/mol. The number of halogens is 2. The van der Waals surface area contributed by atoms with Crippen molar-refractivity contribution in [3.05, 3.63) is 137 Å². The molecule has 1 amide bonds. The maximum atomic E-state index is 14.8. The van der Waals surface area contributed by atoms with Gasteiger partial charge in [0.25, 0.3) is 0 Å². The minimum atomic E-state index is -0.331. The lowest BCUT2D eigenvalue weighted by Gasteiger charge is -2.29. The molecule has 6 rings (SSSR count). The first-order valence-electron chi connectivity index (χ1n) is 17.7. The lowest BCUT2D eigenvalue weighted by Crippen LogP contribution is -2.31. The summed E-state index contributed by atoms with van der Waals surface area (Å²) in [7, 11) is 3.20. The number of benzene rings is 3. The van der Waals surface area contributed by atoms with Gasteiger partial charge in [-0.2, -0.15) is 0 Å². The maximum Gasteiger partial charge on any atom is 0.227 e. The molecule has 0 aromatic heterocycles. The van der Waals surface area contributed by atoms with E-state index in [2.05, 4.69) is 57.9 Å². The van der Waals surface area contributed by atoms with Gasteiger partial charge in [0.1, 0.15) is 17.3 Å². The molecule has 275 valence electrons. The Labute approximate surface area is 324 Å². The van der Waals surface area contributed by atoms with Gasteiger partial charge < -0.3 is 14.4 Å². The Kier molecular flexibility index (Phi) is 20.4. The van der Waals surface area contributed by atoms with Crippen LogP contribution in [0.5, 0.6) is 11.5 Å². The van der Waals surface area contributed by atoms with Crippen LogP contribution in [0.2, 0.25) is 0 Å². The molecule has 0 bridgehead atoms. The first kappa shape index (κ1) is 45.3. The van der Waals surface area contributed by atoms with Crippen LogP contribution in [0.3, 0.4) is 0 Å². The minimum Gasteiger partial charge on any atom is -0.497 e. The molecule has 0 saturated carbocycles. The zero-order valence-electron chi connectivity index (χ0n) is 32.2. The minimum absolute atomic E-state index is 0. The van der Waals surface area contributed by atoms with E-state index in [1.807, 2.05) is 65.3 Å². The Morgan fingerprint density at radius 3 is 1.92 bits per heavy atom.